The average molecular weight is 199 g/mol. The van der Waals surface area contributed by atoms with Crippen molar-refractivity contribution in [1.82, 2.24) is 5.32 Å². The molecule has 0 rings (SSSR count). The van der Waals surface area contributed by atoms with Crippen molar-refractivity contribution in [3.8, 4) is 0 Å². The van der Waals surface area contributed by atoms with Crippen LogP contribution in [0.25, 0.3) is 0 Å². The van der Waals surface area contributed by atoms with E-state index in [0.717, 1.165) is 25.9 Å². The molecular weight excluding hydrogens is 174 g/mol. The van der Waals surface area contributed by atoms with E-state index in [4.69, 9.17) is 5.11 Å². The van der Waals surface area contributed by atoms with Gasteiger partial charge in [0.05, 0.1) is 0 Å². The standard InChI is InChI=1S/C12H25NO/c1-2-3-4-5-6-7-8-10-13-11-9-12-14/h2,13-14H,1,3-12H2. The molecular formula is C12H25NO. The normalized spacial score (nSPS) is 10.4. The molecule has 0 radical (unpaired) electrons. The van der Waals surface area contributed by atoms with Crippen molar-refractivity contribution in [2.24, 2.45) is 0 Å². The molecule has 0 aliphatic heterocycles. The molecule has 0 saturated heterocycles. The Bertz CT molecular complexity index is 115. The third-order valence-electron chi connectivity index (χ3n) is 2.27. The first-order chi connectivity index (χ1) is 6.91. The van der Waals surface area contributed by atoms with Crippen LogP contribution in [0.15, 0.2) is 12.7 Å². The molecule has 0 saturated carbocycles. The largest absolute Gasteiger partial charge is 0.396 e. The molecule has 0 unspecified atom stereocenters. The molecule has 0 atom stereocenters. The molecule has 2 N–H and O–H groups in total. The summed E-state index contributed by atoms with van der Waals surface area (Å²) in [5.41, 5.74) is 0. The fourth-order valence-electron chi connectivity index (χ4n) is 1.40. The van der Waals surface area contributed by atoms with Crippen LogP contribution < -0.4 is 5.32 Å². The summed E-state index contributed by atoms with van der Waals surface area (Å²) in [4.78, 5) is 0. The van der Waals surface area contributed by atoms with Gasteiger partial charge in [-0.25, -0.2) is 0 Å². The highest BCUT2D eigenvalue weighted by atomic mass is 16.3. The maximum absolute atomic E-state index is 8.54. The molecule has 0 fully saturated rings. The second kappa shape index (κ2) is 12.7. The zero-order chi connectivity index (χ0) is 10.5. The van der Waals surface area contributed by atoms with Crippen molar-refractivity contribution in [1.29, 1.82) is 0 Å². The number of rotatable bonds is 11. The minimum Gasteiger partial charge on any atom is -0.396 e. The quantitative estimate of drug-likeness (QED) is 0.396. The molecule has 2 heteroatoms. The third kappa shape index (κ3) is 11.7. The summed E-state index contributed by atoms with van der Waals surface area (Å²) in [6.45, 7) is 6.06. The molecule has 14 heavy (non-hydrogen) atoms. The van der Waals surface area contributed by atoms with Crippen LogP contribution in [0, 0.1) is 0 Å². The monoisotopic (exact) mass is 199 g/mol. The number of allylic oxidation sites excluding steroid dienone is 1. The van der Waals surface area contributed by atoms with Crippen LogP contribution in [0.5, 0.6) is 0 Å². The highest BCUT2D eigenvalue weighted by Crippen LogP contribution is 2.04. The van der Waals surface area contributed by atoms with Gasteiger partial charge in [-0.3, -0.25) is 0 Å². The van der Waals surface area contributed by atoms with Gasteiger partial charge in [-0.1, -0.05) is 25.3 Å². The van der Waals surface area contributed by atoms with Gasteiger partial charge < -0.3 is 10.4 Å². The number of nitrogens with one attached hydrogen (secondary N) is 1. The van der Waals surface area contributed by atoms with Crippen LogP contribution in [0.3, 0.4) is 0 Å². The van der Waals surface area contributed by atoms with Gasteiger partial charge in [0.1, 0.15) is 0 Å². The molecule has 0 aromatic heterocycles. The predicted molar refractivity (Wildman–Crippen MR) is 62.5 cm³/mol. The lowest BCUT2D eigenvalue weighted by Crippen LogP contribution is -2.17. The molecule has 0 aliphatic rings. The Morgan fingerprint density at radius 3 is 2.29 bits per heavy atom. The van der Waals surface area contributed by atoms with E-state index in [2.05, 4.69) is 11.9 Å². The molecule has 0 bridgehead atoms. The van der Waals surface area contributed by atoms with Crippen molar-refractivity contribution in [3.63, 3.8) is 0 Å². The van der Waals surface area contributed by atoms with E-state index in [1.165, 1.54) is 32.1 Å². The third-order valence-corrected chi connectivity index (χ3v) is 2.27. The van der Waals surface area contributed by atoms with Crippen LogP contribution >= 0.6 is 0 Å². The number of unbranched alkanes of at least 4 members (excludes halogenated alkanes) is 5. The average Bonchev–Trinajstić information content (AvgIpc) is 2.21. The molecule has 0 amide bonds. The Balaban J connectivity index is 2.81. The van der Waals surface area contributed by atoms with Gasteiger partial charge in [-0.2, -0.15) is 0 Å². The molecule has 0 heterocycles. The summed E-state index contributed by atoms with van der Waals surface area (Å²) in [5, 5.41) is 11.9. The summed E-state index contributed by atoms with van der Waals surface area (Å²) >= 11 is 0. The minimum atomic E-state index is 0.300. The van der Waals surface area contributed by atoms with E-state index in [1.807, 2.05) is 6.08 Å². The first-order valence-corrected chi connectivity index (χ1v) is 5.84. The Hall–Kier alpha value is -0.340. The van der Waals surface area contributed by atoms with Gasteiger partial charge in [0.15, 0.2) is 0 Å². The van der Waals surface area contributed by atoms with E-state index in [1.54, 1.807) is 0 Å². The van der Waals surface area contributed by atoms with Gasteiger partial charge in [0.25, 0.3) is 0 Å². The Labute approximate surface area is 88.4 Å². The number of aliphatic hydroxyl groups is 1. The van der Waals surface area contributed by atoms with E-state index in [0.29, 0.717) is 6.61 Å². The number of hydrogen-bond acceptors (Lipinski definition) is 2. The molecule has 2 nitrogen and oxygen atoms in total. The topological polar surface area (TPSA) is 32.3 Å². The molecule has 0 aliphatic carbocycles. The number of aliphatic hydroxyl groups excluding tert-OH is 1. The summed E-state index contributed by atoms with van der Waals surface area (Å²) in [7, 11) is 0. The summed E-state index contributed by atoms with van der Waals surface area (Å²) in [5.74, 6) is 0. The maximum atomic E-state index is 8.54. The summed E-state index contributed by atoms with van der Waals surface area (Å²) in [6.07, 6.45) is 10.6. The first-order valence-electron chi connectivity index (χ1n) is 5.84. The maximum Gasteiger partial charge on any atom is 0.0443 e. The number of hydrogen-bond donors (Lipinski definition) is 2. The Kier molecular flexibility index (Phi) is 12.4. The van der Waals surface area contributed by atoms with Crippen molar-refractivity contribution in [2.45, 2.75) is 44.9 Å². The second-order valence-corrected chi connectivity index (χ2v) is 3.67. The van der Waals surface area contributed by atoms with E-state index in [-0.39, 0.29) is 0 Å². The second-order valence-electron chi connectivity index (χ2n) is 3.67. The van der Waals surface area contributed by atoms with Crippen molar-refractivity contribution >= 4 is 0 Å². The SMILES string of the molecule is C=CCCCCCCCNCCCO. The van der Waals surface area contributed by atoms with Gasteiger partial charge in [0, 0.05) is 6.61 Å². The zero-order valence-corrected chi connectivity index (χ0v) is 9.30. The van der Waals surface area contributed by atoms with Crippen LogP contribution in [-0.4, -0.2) is 24.8 Å². The van der Waals surface area contributed by atoms with Crippen molar-refractivity contribution < 1.29 is 5.11 Å². The van der Waals surface area contributed by atoms with Gasteiger partial charge >= 0.3 is 0 Å². The highest BCUT2D eigenvalue weighted by molar-refractivity contribution is 4.65. The predicted octanol–water partition coefficient (Wildman–Crippen LogP) is 2.49. The smallest absolute Gasteiger partial charge is 0.0443 e. The lowest BCUT2D eigenvalue weighted by molar-refractivity contribution is 0.286. The first kappa shape index (κ1) is 13.7. The van der Waals surface area contributed by atoms with Crippen LogP contribution in [0.4, 0.5) is 0 Å². The molecule has 84 valence electrons. The van der Waals surface area contributed by atoms with Crippen LogP contribution in [0.2, 0.25) is 0 Å². The fourth-order valence-corrected chi connectivity index (χ4v) is 1.40. The van der Waals surface area contributed by atoms with Crippen molar-refractivity contribution in [2.75, 3.05) is 19.7 Å². The van der Waals surface area contributed by atoms with E-state index >= 15 is 0 Å². The summed E-state index contributed by atoms with van der Waals surface area (Å²) < 4.78 is 0. The fraction of sp³-hybridized carbons (Fsp3) is 0.833. The lowest BCUT2D eigenvalue weighted by atomic mass is 10.1. The lowest BCUT2D eigenvalue weighted by Gasteiger charge is -2.03. The molecule has 0 aromatic carbocycles. The van der Waals surface area contributed by atoms with Crippen molar-refractivity contribution in [3.05, 3.63) is 12.7 Å². The minimum absolute atomic E-state index is 0.300. The van der Waals surface area contributed by atoms with Crippen LogP contribution in [-0.2, 0) is 0 Å². The van der Waals surface area contributed by atoms with Crippen LogP contribution in [0.1, 0.15) is 44.9 Å². The van der Waals surface area contributed by atoms with Gasteiger partial charge in [0.2, 0.25) is 0 Å². The highest BCUT2D eigenvalue weighted by Gasteiger charge is 1.90. The van der Waals surface area contributed by atoms with E-state index in [9.17, 15) is 0 Å². The Morgan fingerprint density at radius 2 is 1.57 bits per heavy atom. The van der Waals surface area contributed by atoms with E-state index < -0.39 is 0 Å². The zero-order valence-electron chi connectivity index (χ0n) is 9.30. The Morgan fingerprint density at radius 1 is 0.929 bits per heavy atom. The molecule has 0 spiro atoms. The molecule has 0 aromatic rings. The van der Waals surface area contributed by atoms with Gasteiger partial charge in [-0.15, -0.1) is 6.58 Å². The van der Waals surface area contributed by atoms with Gasteiger partial charge in [-0.05, 0) is 38.8 Å². The summed E-state index contributed by atoms with van der Waals surface area (Å²) in [6, 6.07) is 0.